The van der Waals surface area contributed by atoms with Crippen LogP contribution in [0.25, 0.3) is 0 Å². The number of benzene rings is 1. The minimum atomic E-state index is -0.440. The van der Waals surface area contributed by atoms with Crippen molar-refractivity contribution in [3.8, 4) is 5.75 Å². The highest BCUT2D eigenvalue weighted by atomic mass is 32.1. The Morgan fingerprint density at radius 1 is 1.23 bits per heavy atom. The Morgan fingerprint density at radius 3 is 2.55 bits per heavy atom. The first kappa shape index (κ1) is 17.9. The molecule has 120 valence electrons. The summed E-state index contributed by atoms with van der Waals surface area (Å²) in [6, 6.07) is 7.28. The maximum Gasteiger partial charge on any atom is 0.306 e. The standard InChI is InChI=1S/C15H20N2O4S/c1-10(2)21-12-7-5-4-6-11(12)16-15(22)17-13(18)8-9-14(19)20-3/h4-7,10H,8-9H2,1-3H3,(H2,16,17,18,22). The number of rotatable bonds is 6. The van der Waals surface area contributed by atoms with Crippen LogP contribution in [0.5, 0.6) is 5.75 Å². The zero-order valence-electron chi connectivity index (χ0n) is 12.8. The number of hydrogen-bond donors (Lipinski definition) is 2. The Bertz CT molecular complexity index is 546. The SMILES string of the molecule is COC(=O)CCC(=O)NC(=S)Nc1ccccc1OC(C)C. The predicted molar refractivity (Wildman–Crippen MR) is 87.8 cm³/mol. The zero-order valence-corrected chi connectivity index (χ0v) is 13.7. The van der Waals surface area contributed by atoms with Gasteiger partial charge in [-0.3, -0.25) is 9.59 Å². The first-order valence-corrected chi connectivity index (χ1v) is 7.26. The van der Waals surface area contributed by atoms with Gasteiger partial charge in [0.15, 0.2) is 5.11 Å². The maximum absolute atomic E-state index is 11.6. The average Bonchev–Trinajstić information content (AvgIpc) is 2.46. The van der Waals surface area contributed by atoms with E-state index in [1.807, 2.05) is 32.0 Å². The Kier molecular flexibility index (Phi) is 7.31. The summed E-state index contributed by atoms with van der Waals surface area (Å²) >= 11 is 5.08. The number of ether oxygens (including phenoxy) is 2. The third-order valence-corrected chi connectivity index (χ3v) is 2.74. The molecular weight excluding hydrogens is 304 g/mol. The van der Waals surface area contributed by atoms with Crippen LogP contribution in [0, 0.1) is 0 Å². The third-order valence-electron chi connectivity index (χ3n) is 2.53. The Hall–Kier alpha value is -2.15. The van der Waals surface area contributed by atoms with E-state index >= 15 is 0 Å². The number of para-hydroxylation sites is 2. The molecule has 0 bridgehead atoms. The molecule has 7 heteroatoms. The molecule has 22 heavy (non-hydrogen) atoms. The van der Waals surface area contributed by atoms with Crippen molar-refractivity contribution in [2.45, 2.75) is 32.8 Å². The fraction of sp³-hybridized carbons (Fsp3) is 0.400. The molecule has 1 amide bonds. The lowest BCUT2D eigenvalue weighted by molar-refractivity contribution is -0.142. The number of amides is 1. The molecule has 2 N–H and O–H groups in total. The van der Waals surface area contributed by atoms with Crippen LogP contribution < -0.4 is 15.4 Å². The van der Waals surface area contributed by atoms with Crippen molar-refractivity contribution in [2.24, 2.45) is 0 Å². The predicted octanol–water partition coefficient (Wildman–Crippen LogP) is 2.24. The third kappa shape index (κ3) is 6.53. The number of methoxy groups -OCH3 is 1. The summed E-state index contributed by atoms with van der Waals surface area (Å²) < 4.78 is 10.1. The molecular formula is C15H20N2O4S. The van der Waals surface area contributed by atoms with E-state index in [1.54, 1.807) is 6.07 Å². The van der Waals surface area contributed by atoms with Crippen LogP contribution in [0.1, 0.15) is 26.7 Å². The minimum absolute atomic E-state index is 0.0119. The molecule has 1 rings (SSSR count). The second-order valence-corrected chi connectivity index (χ2v) is 5.15. The highest BCUT2D eigenvalue weighted by molar-refractivity contribution is 7.80. The molecule has 0 aliphatic carbocycles. The first-order valence-electron chi connectivity index (χ1n) is 6.85. The Balaban J connectivity index is 2.55. The van der Waals surface area contributed by atoms with E-state index in [2.05, 4.69) is 15.4 Å². The lowest BCUT2D eigenvalue weighted by atomic mass is 10.3. The number of nitrogens with one attached hydrogen (secondary N) is 2. The largest absolute Gasteiger partial charge is 0.489 e. The van der Waals surface area contributed by atoms with E-state index in [-0.39, 0.29) is 30.0 Å². The second-order valence-electron chi connectivity index (χ2n) is 4.74. The van der Waals surface area contributed by atoms with Gasteiger partial charge in [0.25, 0.3) is 0 Å². The molecule has 0 unspecified atom stereocenters. The van der Waals surface area contributed by atoms with Crippen LogP contribution in [0.3, 0.4) is 0 Å². The molecule has 0 aliphatic rings. The van der Waals surface area contributed by atoms with Crippen LogP contribution in [-0.4, -0.2) is 30.2 Å². The molecule has 0 fully saturated rings. The average molecular weight is 324 g/mol. The van der Waals surface area contributed by atoms with Crippen molar-refractivity contribution in [3.05, 3.63) is 24.3 Å². The van der Waals surface area contributed by atoms with E-state index in [4.69, 9.17) is 17.0 Å². The van der Waals surface area contributed by atoms with Crippen molar-refractivity contribution < 1.29 is 19.1 Å². The van der Waals surface area contributed by atoms with Crippen molar-refractivity contribution in [3.63, 3.8) is 0 Å². The second kappa shape index (κ2) is 8.99. The molecule has 6 nitrogen and oxygen atoms in total. The fourth-order valence-corrected chi connectivity index (χ4v) is 1.81. The summed E-state index contributed by atoms with van der Waals surface area (Å²) in [6.07, 6.45) is 0.0440. The Labute approximate surface area is 135 Å². The van der Waals surface area contributed by atoms with Crippen molar-refractivity contribution >= 4 is 34.9 Å². The number of thiocarbonyl (C=S) groups is 1. The molecule has 0 heterocycles. The number of carbonyl (C=O) groups excluding carboxylic acids is 2. The normalized spacial score (nSPS) is 10.0. The van der Waals surface area contributed by atoms with Crippen LogP contribution in [0.15, 0.2) is 24.3 Å². The Morgan fingerprint density at radius 2 is 1.91 bits per heavy atom. The van der Waals surface area contributed by atoms with Gasteiger partial charge in [0, 0.05) is 6.42 Å². The number of anilines is 1. The number of carbonyl (C=O) groups is 2. The van der Waals surface area contributed by atoms with Gasteiger partial charge in [0.05, 0.1) is 25.3 Å². The molecule has 0 aromatic heterocycles. The van der Waals surface area contributed by atoms with Gasteiger partial charge in [-0.1, -0.05) is 12.1 Å². The van der Waals surface area contributed by atoms with Gasteiger partial charge in [-0.15, -0.1) is 0 Å². The van der Waals surface area contributed by atoms with Gasteiger partial charge in [0.2, 0.25) is 5.91 Å². The van der Waals surface area contributed by atoms with Crippen molar-refractivity contribution in [1.82, 2.24) is 5.32 Å². The summed E-state index contributed by atoms with van der Waals surface area (Å²) in [7, 11) is 1.28. The van der Waals surface area contributed by atoms with Crippen molar-refractivity contribution in [2.75, 3.05) is 12.4 Å². The molecule has 0 spiro atoms. The summed E-state index contributed by atoms with van der Waals surface area (Å²) in [5.41, 5.74) is 0.662. The van der Waals surface area contributed by atoms with E-state index in [0.717, 1.165) is 0 Å². The summed E-state index contributed by atoms with van der Waals surface area (Å²) in [5, 5.41) is 5.56. The maximum atomic E-state index is 11.6. The van der Waals surface area contributed by atoms with Crippen LogP contribution in [0.2, 0.25) is 0 Å². The minimum Gasteiger partial charge on any atom is -0.489 e. The quantitative estimate of drug-likeness (QED) is 0.617. The van der Waals surface area contributed by atoms with Crippen molar-refractivity contribution in [1.29, 1.82) is 0 Å². The van der Waals surface area contributed by atoms with Gasteiger partial charge in [0.1, 0.15) is 5.75 Å². The lowest BCUT2D eigenvalue weighted by Gasteiger charge is -2.16. The number of esters is 1. The van der Waals surface area contributed by atoms with Crippen LogP contribution >= 0.6 is 12.2 Å². The van der Waals surface area contributed by atoms with Gasteiger partial charge >= 0.3 is 5.97 Å². The summed E-state index contributed by atoms with van der Waals surface area (Å²) in [5.74, 6) is -0.154. The topological polar surface area (TPSA) is 76.7 Å². The first-order chi connectivity index (χ1) is 10.4. The van der Waals surface area contributed by atoms with Gasteiger partial charge in [-0.25, -0.2) is 0 Å². The molecule has 1 aromatic rings. The smallest absolute Gasteiger partial charge is 0.306 e. The van der Waals surface area contributed by atoms with E-state index in [9.17, 15) is 9.59 Å². The summed E-state index contributed by atoms with van der Waals surface area (Å²) in [6.45, 7) is 3.84. The van der Waals surface area contributed by atoms with E-state index in [0.29, 0.717) is 11.4 Å². The fourth-order valence-electron chi connectivity index (χ4n) is 1.59. The zero-order chi connectivity index (χ0) is 16.5. The van der Waals surface area contributed by atoms with Gasteiger partial charge in [-0.2, -0.15) is 0 Å². The monoisotopic (exact) mass is 324 g/mol. The molecule has 0 atom stereocenters. The number of hydrogen-bond acceptors (Lipinski definition) is 5. The molecule has 0 aliphatic heterocycles. The molecule has 1 aromatic carbocycles. The van der Waals surface area contributed by atoms with Gasteiger partial charge in [-0.05, 0) is 38.2 Å². The summed E-state index contributed by atoms with van der Waals surface area (Å²) in [4.78, 5) is 22.6. The highest BCUT2D eigenvalue weighted by Gasteiger charge is 2.10. The van der Waals surface area contributed by atoms with Crippen LogP contribution in [0.4, 0.5) is 5.69 Å². The molecule has 0 saturated heterocycles. The van der Waals surface area contributed by atoms with E-state index < -0.39 is 5.97 Å². The van der Waals surface area contributed by atoms with Gasteiger partial charge < -0.3 is 20.1 Å². The highest BCUT2D eigenvalue weighted by Crippen LogP contribution is 2.24. The lowest BCUT2D eigenvalue weighted by Crippen LogP contribution is -2.34. The van der Waals surface area contributed by atoms with Crippen LogP contribution in [-0.2, 0) is 14.3 Å². The van der Waals surface area contributed by atoms with E-state index in [1.165, 1.54) is 7.11 Å². The molecule has 0 saturated carbocycles. The molecule has 0 radical (unpaired) electrons.